The van der Waals surface area contributed by atoms with Gasteiger partial charge in [-0.3, -0.25) is 4.79 Å². The molecule has 0 aliphatic carbocycles. The van der Waals surface area contributed by atoms with Crippen LogP contribution >= 0.6 is 0 Å². The number of ether oxygens (including phenoxy) is 2. The third kappa shape index (κ3) is 3.72. The van der Waals surface area contributed by atoms with Gasteiger partial charge in [-0.05, 0) is 18.2 Å². The fourth-order valence-electron chi connectivity index (χ4n) is 2.03. The van der Waals surface area contributed by atoms with Gasteiger partial charge in [0.1, 0.15) is 0 Å². The van der Waals surface area contributed by atoms with E-state index in [0.717, 1.165) is 0 Å². The summed E-state index contributed by atoms with van der Waals surface area (Å²) in [5.41, 5.74) is 0.113. The molecule has 8 heteroatoms. The summed E-state index contributed by atoms with van der Waals surface area (Å²) in [6.07, 6.45) is 1.61. The lowest BCUT2D eigenvalue weighted by molar-refractivity contribution is 0.354. The zero-order chi connectivity index (χ0) is 17.0. The third-order valence-corrected chi connectivity index (χ3v) is 4.72. The van der Waals surface area contributed by atoms with Gasteiger partial charge in [-0.1, -0.05) is 6.07 Å². The topological polar surface area (TPSA) is 86.6 Å². The maximum absolute atomic E-state index is 12.4. The van der Waals surface area contributed by atoms with E-state index < -0.39 is 10.0 Å². The zero-order valence-electron chi connectivity index (χ0n) is 13.1. The number of aromatic nitrogens is 1. The number of pyridine rings is 1. The number of nitrogens with zero attached hydrogens (tertiary/aromatic N) is 1. The van der Waals surface area contributed by atoms with Gasteiger partial charge in [-0.25, -0.2) is 13.1 Å². The molecule has 0 atom stereocenters. The van der Waals surface area contributed by atoms with Crippen LogP contribution in [0.3, 0.4) is 0 Å². The maximum Gasteiger partial charge on any atom is 0.254 e. The normalized spacial score (nSPS) is 11.3. The van der Waals surface area contributed by atoms with Crippen molar-refractivity contribution in [3.63, 3.8) is 0 Å². The van der Waals surface area contributed by atoms with Crippen LogP contribution in [-0.4, -0.2) is 27.2 Å². The minimum Gasteiger partial charge on any atom is -0.493 e. The van der Waals surface area contributed by atoms with Crippen molar-refractivity contribution >= 4 is 10.0 Å². The first-order chi connectivity index (χ1) is 10.9. The minimum absolute atomic E-state index is 0.0305. The number of rotatable bonds is 6. The van der Waals surface area contributed by atoms with E-state index in [9.17, 15) is 13.2 Å². The van der Waals surface area contributed by atoms with Crippen molar-refractivity contribution in [3.8, 4) is 11.5 Å². The second-order valence-electron chi connectivity index (χ2n) is 4.79. The first-order valence-corrected chi connectivity index (χ1v) is 8.23. The molecule has 23 heavy (non-hydrogen) atoms. The number of aryl methyl sites for hydroxylation is 1. The van der Waals surface area contributed by atoms with E-state index in [2.05, 4.69) is 4.72 Å². The van der Waals surface area contributed by atoms with Gasteiger partial charge in [0, 0.05) is 31.4 Å². The van der Waals surface area contributed by atoms with E-state index in [1.54, 1.807) is 25.4 Å². The fraction of sp³-hybridized carbons (Fsp3) is 0.267. The molecule has 0 unspecified atom stereocenters. The van der Waals surface area contributed by atoms with Crippen molar-refractivity contribution in [2.24, 2.45) is 7.05 Å². The fourth-order valence-corrected chi connectivity index (χ4v) is 3.05. The molecule has 0 spiro atoms. The highest BCUT2D eigenvalue weighted by atomic mass is 32.2. The smallest absolute Gasteiger partial charge is 0.254 e. The standard InChI is InChI=1S/C15H18N2O5S/c1-17-8-4-5-11(15(17)18)10-16-23(19,20)12-6-7-13(21-2)14(9-12)22-3/h4-9,16H,10H2,1-3H3. The lowest BCUT2D eigenvalue weighted by Crippen LogP contribution is -2.28. The molecule has 2 rings (SSSR count). The molecule has 1 heterocycles. The van der Waals surface area contributed by atoms with E-state index >= 15 is 0 Å². The van der Waals surface area contributed by atoms with Crippen molar-refractivity contribution in [2.75, 3.05) is 14.2 Å². The Balaban J connectivity index is 2.25. The molecule has 0 saturated heterocycles. The molecule has 124 valence electrons. The van der Waals surface area contributed by atoms with Gasteiger partial charge < -0.3 is 14.0 Å². The predicted molar refractivity (Wildman–Crippen MR) is 85.3 cm³/mol. The van der Waals surface area contributed by atoms with Crippen LogP contribution < -0.4 is 19.8 Å². The van der Waals surface area contributed by atoms with Crippen molar-refractivity contribution < 1.29 is 17.9 Å². The number of methoxy groups -OCH3 is 2. The van der Waals surface area contributed by atoms with E-state index in [0.29, 0.717) is 17.1 Å². The van der Waals surface area contributed by atoms with Crippen LogP contribution in [0.2, 0.25) is 0 Å². The van der Waals surface area contributed by atoms with Gasteiger partial charge in [0.15, 0.2) is 11.5 Å². The van der Waals surface area contributed by atoms with Crippen LogP contribution in [0.5, 0.6) is 11.5 Å². The summed E-state index contributed by atoms with van der Waals surface area (Å²) in [7, 11) is 0.720. The largest absolute Gasteiger partial charge is 0.493 e. The summed E-state index contributed by atoms with van der Waals surface area (Å²) in [4.78, 5) is 11.9. The zero-order valence-corrected chi connectivity index (χ0v) is 13.9. The maximum atomic E-state index is 12.4. The van der Waals surface area contributed by atoms with E-state index in [1.807, 2.05) is 0 Å². The predicted octanol–water partition coefficient (Wildman–Crippen LogP) is 0.881. The Morgan fingerprint density at radius 1 is 1.13 bits per heavy atom. The van der Waals surface area contributed by atoms with Crippen LogP contribution in [0, 0.1) is 0 Å². The number of sulfonamides is 1. The van der Waals surface area contributed by atoms with E-state index in [-0.39, 0.29) is 17.0 Å². The first-order valence-electron chi connectivity index (χ1n) is 6.75. The van der Waals surface area contributed by atoms with E-state index in [4.69, 9.17) is 9.47 Å². The molecule has 0 amide bonds. The van der Waals surface area contributed by atoms with Crippen molar-refractivity contribution in [1.82, 2.24) is 9.29 Å². The molecular formula is C15H18N2O5S. The van der Waals surface area contributed by atoms with Crippen LogP contribution in [0.4, 0.5) is 0 Å². The van der Waals surface area contributed by atoms with Gasteiger partial charge in [0.2, 0.25) is 10.0 Å². The molecule has 1 N–H and O–H groups in total. The molecule has 2 aromatic rings. The van der Waals surface area contributed by atoms with Crippen molar-refractivity contribution in [3.05, 3.63) is 52.4 Å². The van der Waals surface area contributed by atoms with Gasteiger partial charge in [0.05, 0.1) is 19.1 Å². The average molecular weight is 338 g/mol. The van der Waals surface area contributed by atoms with Crippen LogP contribution in [-0.2, 0) is 23.6 Å². The second kappa shape index (κ2) is 6.84. The van der Waals surface area contributed by atoms with Gasteiger partial charge in [-0.15, -0.1) is 0 Å². The lowest BCUT2D eigenvalue weighted by Gasteiger charge is -2.11. The molecule has 0 aliphatic heterocycles. The Labute approximate surface area is 134 Å². The minimum atomic E-state index is -3.78. The number of nitrogens with one attached hydrogen (secondary N) is 1. The summed E-state index contributed by atoms with van der Waals surface area (Å²) < 4.78 is 38.7. The second-order valence-corrected chi connectivity index (χ2v) is 6.56. The lowest BCUT2D eigenvalue weighted by atomic mass is 10.3. The molecule has 1 aromatic heterocycles. The summed E-state index contributed by atoms with van der Waals surface area (Å²) in [6, 6.07) is 7.55. The quantitative estimate of drug-likeness (QED) is 0.845. The summed E-state index contributed by atoms with van der Waals surface area (Å²) in [6.45, 7) is -0.0931. The van der Waals surface area contributed by atoms with Gasteiger partial charge in [0.25, 0.3) is 5.56 Å². The Morgan fingerprint density at radius 3 is 2.48 bits per heavy atom. The Morgan fingerprint density at radius 2 is 1.83 bits per heavy atom. The Kier molecular flexibility index (Phi) is 5.07. The average Bonchev–Trinajstić information content (AvgIpc) is 2.55. The summed E-state index contributed by atoms with van der Waals surface area (Å²) in [5.74, 6) is 0.745. The highest BCUT2D eigenvalue weighted by Crippen LogP contribution is 2.29. The molecule has 0 bridgehead atoms. The molecule has 1 aromatic carbocycles. The number of hydrogen-bond donors (Lipinski definition) is 1. The highest BCUT2D eigenvalue weighted by Gasteiger charge is 2.17. The number of benzene rings is 1. The van der Waals surface area contributed by atoms with Crippen molar-refractivity contribution in [1.29, 1.82) is 0 Å². The number of hydrogen-bond acceptors (Lipinski definition) is 5. The Bertz CT molecular complexity index is 858. The molecule has 0 aliphatic rings. The summed E-state index contributed by atoms with van der Waals surface area (Å²) >= 11 is 0. The Hall–Kier alpha value is -2.32. The van der Waals surface area contributed by atoms with Gasteiger partial charge in [-0.2, -0.15) is 0 Å². The van der Waals surface area contributed by atoms with Crippen molar-refractivity contribution in [2.45, 2.75) is 11.4 Å². The van der Waals surface area contributed by atoms with Gasteiger partial charge >= 0.3 is 0 Å². The third-order valence-electron chi connectivity index (χ3n) is 3.32. The van der Waals surface area contributed by atoms with Crippen LogP contribution in [0.25, 0.3) is 0 Å². The summed E-state index contributed by atoms with van der Waals surface area (Å²) in [5, 5.41) is 0. The molecule has 7 nitrogen and oxygen atoms in total. The monoisotopic (exact) mass is 338 g/mol. The first kappa shape index (κ1) is 17.0. The van der Waals surface area contributed by atoms with E-state index in [1.165, 1.54) is 37.0 Å². The molecular weight excluding hydrogens is 320 g/mol. The SMILES string of the molecule is COc1ccc(S(=O)(=O)NCc2cccn(C)c2=O)cc1OC. The van der Waals surface area contributed by atoms with Crippen LogP contribution in [0.1, 0.15) is 5.56 Å². The molecule has 0 saturated carbocycles. The van der Waals surface area contributed by atoms with Crippen LogP contribution in [0.15, 0.2) is 46.2 Å². The molecule has 0 radical (unpaired) electrons. The molecule has 0 fully saturated rings. The highest BCUT2D eigenvalue weighted by molar-refractivity contribution is 7.89.